The van der Waals surface area contributed by atoms with Gasteiger partial charge in [-0.15, -0.1) is 0 Å². The maximum atomic E-state index is 12.4. The lowest BCUT2D eigenvalue weighted by Crippen LogP contribution is -2.11. The van der Waals surface area contributed by atoms with E-state index in [0.717, 1.165) is 12.1 Å². The molecule has 6 heteroatoms. The molecule has 1 N–H and O–H groups in total. The highest BCUT2D eigenvalue weighted by molar-refractivity contribution is 9.10. The summed E-state index contributed by atoms with van der Waals surface area (Å²) in [5.41, 5.74) is -0.723. The molecule has 0 radical (unpaired) electrons. The van der Waals surface area contributed by atoms with Crippen molar-refractivity contribution in [2.45, 2.75) is 13.1 Å². The summed E-state index contributed by atoms with van der Waals surface area (Å²) in [5.74, 6) is -0.479. The topological polar surface area (TPSA) is 29.1 Å². The van der Waals surface area contributed by atoms with Gasteiger partial charge in [0.1, 0.15) is 0 Å². The standard InChI is InChI=1S/C11H9BrF3NO/c1-2-3-10(17)16-9-6-7(11(13,14)15)4-5-8(9)12/h2-6H,1H3,(H,16,17)/b3-2+. The van der Waals surface area contributed by atoms with E-state index in [4.69, 9.17) is 0 Å². The zero-order valence-corrected chi connectivity index (χ0v) is 10.4. The fraction of sp³-hybridized carbons (Fsp3) is 0.182. The van der Waals surface area contributed by atoms with E-state index in [2.05, 4.69) is 21.2 Å². The zero-order valence-electron chi connectivity index (χ0n) is 8.81. The summed E-state index contributed by atoms with van der Waals surface area (Å²) in [6.07, 6.45) is -1.70. The minimum absolute atomic E-state index is 0.0860. The molecule has 0 fully saturated rings. The third-order valence-electron chi connectivity index (χ3n) is 1.87. The van der Waals surface area contributed by atoms with E-state index in [-0.39, 0.29) is 5.69 Å². The van der Waals surface area contributed by atoms with Gasteiger partial charge >= 0.3 is 6.18 Å². The van der Waals surface area contributed by atoms with Gasteiger partial charge in [-0.25, -0.2) is 0 Å². The van der Waals surface area contributed by atoms with Crippen LogP contribution in [0, 0.1) is 0 Å². The van der Waals surface area contributed by atoms with Crippen molar-refractivity contribution in [1.29, 1.82) is 0 Å². The highest BCUT2D eigenvalue weighted by Crippen LogP contribution is 2.33. The normalized spacial score (nSPS) is 11.8. The van der Waals surface area contributed by atoms with E-state index in [0.29, 0.717) is 4.47 Å². The van der Waals surface area contributed by atoms with Gasteiger partial charge in [0.2, 0.25) is 5.91 Å². The highest BCUT2D eigenvalue weighted by atomic mass is 79.9. The summed E-state index contributed by atoms with van der Waals surface area (Å²) in [7, 11) is 0. The van der Waals surface area contributed by atoms with Crippen LogP contribution in [0.15, 0.2) is 34.8 Å². The number of benzene rings is 1. The Labute approximate surface area is 105 Å². The van der Waals surface area contributed by atoms with Crippen molar-refractivity contribution in [3.63, 3.8) is 0 Å². The summed E-state index contributed by atoms with van der Waals surface area (Å²) in [6, 6.07) is 3.06. The summed E-state index contributed by atoms with van der Waals surface area (Å²) < 4.78 is 37.7. The van der Waals surface area contributed by atoms with E-state index in [9.17, 15) is 18.0 Å². The van der Waals surface area contributed by atoms with Crippen molar-refractivity contribution in [3.8, 4) is 0 Å². The number of alkyl halides is 3. The van der Waals surface area contributed by atoms with Crippen LogP contribution in [0.3, 0.4) is 0 Å². The number of carbonyl (C=O) groups excluding carboxylic acids is 1. The molecule has 0 atom stereocenters. The third-order valence-corrected chi connectivity index (χ3v) is 2.56. The number of anilines is 1. The Morgan fingerprint density at radius 3 is 2.59 bits per heavy atom. The Morgan fingerprint density at radius 1 is 1.41 bits per heavy atom. The van der Waals surface area contributed by atoms with E-state index in [1.54, 1.807) is 6.92 Å². The Kier molecular flexibility index (Phi) is 4.34. The summed E-state index contributed by atoms with van der Waals surface area (Å²) >= 11 is 3.07. The number of amides is 1. The number of hydrogen-bond donors (Lipinski definition) is 1. The average molecular weight is 308 g/mol. The van der Waals surface area contributed by atoms with Crippen molar-refractivity contribution in [2.24, 2.45) is 0 Å². The van der Waals surface area contributed by atoms with Crippen LogP contribution < -0.4 is 5.32 Å². The average Bonchev–Trinajstić information content (AvgIpc) is 2.20. The van der Waals surface area contributed by atoms with Crippen LogP contribution in [-0.4, -0.2) is 5.91 Å². The van der Waals surface area contributed by atoms with E-state index < -0.39 is 17.6 Å². The van der Waals surface area contributed by atoms with Crippen molar-refractivity contribution >= 4 is 27.5 Å². The van der Waals surface area contributed by atoms with Gasteiger partial charge in [0, 0.05) is 4.47 Å². The van der Waals surface area contributed by atoms with Crippen molar-refractivity contribution in [1.82, 2.24) is 0 Å². The van der Waals surface area contributed by atoms with Crippen molar-refractivity contribution in [3.05, 3.63) is 40.4 Å². The molecule has 92 valence electrons. The predicted octanol–water partition coefficient (Wildman–Crippen LogP) is 3.98. The number of rotatable bonds is 2. The Bertz CT molecular complexity index is 455. The van der Waals surface area contributed by atoms with Crippen LogP contribution in [0.25, 0.3) is 0 Å². The summed E-state index contributed by atoms with van der Waals surface area (Å²) in [6.45, 7) is 1.64. The number of nitrogens with one attached hydrogen (secondary N) is 1. The van der Waals surface area contributed by atoms with Gasteiger partial charge < -0.3 is 5.32 Å². The van der Waals surface area contributed by atoms with Gasteiger partial charge in [0.25, 0.3) is 0 Å². The summed E-state index contributed by atoms with van der Waals surface area (Å²) in [4.78, 5) is 11.2. The smallest absolute Gasteiger partial charge is 0.321 e. The highest BCUT2D eigenvalue weighted by Gasteiger charge is 2.30. The first-order valence-corrected chi connectivity index (χ1v) is 5.44. The molecule has 1 aromatic rings. The largest absolute Gasteiger partial charge is 0.416 e. The molecule has 1 amide bonds. The van der Waals surface area contributed by atoms with E-state index in [1.807, 2.05) is 0 Å². The van der Waals surface area contributed by atoms with Crippen LogP contribution in [0.4, 0.5) is 18.9 Å². The SMILES string of the molecule is C/C=C/C(=O)Nc1cc(C(F)(F)F)ccc1Br. The quantitative estimate of drug-likeness (QED) is 0.823. The second-order valence-electron chi connectivity index (χ2n) is 3.18. The predicted molar refractivity (Wildman–Crippen MR) is 62.6 cm³/mol. The van der Waals surface area contributed by atoms with E-state index in [1.165, 1.54) is 18.2 Å². The first kappa shape index (κ1) is 13.8. The van der Waals surface area contributed by atoms with Gasteiger partial charge in [-0.1, -0.05) is 6.08 Å². The molecule has 0 aromatic heterocycles. The first-order valence-electron chi connectivity index (χ1n) is 4.65. The van der Waals surface area contributed by atoms with Crippen LogP contribution in [0.2, 0.25) is 0 Å². The van der Waals surface area contributed by atoms with Crippen LogP contribution >= 0.6 is 15.9 Å². The third kappa shape index (κ3) is 3.89. The number of hydrogen-bond acceptors (Lipinski definition) is 1. The molecule has 2 nitrogen and oxygen atoms in total. The van der Waals surface area contributed by atoms with Gasteiger partial charge in [-0.05, 0) is 47.1 Å². The molecular formula is C11H9BrF3NO. The summed E-state index contributed by atoms with van der Waals surface area (Å²) in [5, 5.41) is 2.35. The maximum Gasteiger partial charge on any atom is 0.416 e. The first-order chi connectivity index (χ1) is 7.84. The molecule has 0 bridgehead atoms. The Balaban J connectivity index is 3.03. The van der Waals surface area contributed by atoms with Crippen molar-refractivity contribution < 1.29 is 18.0 Å². The Hall–Kier alpha value is -1.30. The fourth-order valence-corrected chi connectivity index (χ4v) is 1.47. The monoisotopic (exact) mass is 307 g/mol. The molecule has 0 saturated heterocycles. The molecule has 0 aliphatic carbocycles. The van der Waals surface area contributed by atoms with Gasteiger partial charge in [-0.2, -0.15) is 13.2 Å². The van der Waals surface area contributed by atoms with Gasteiger partial charge in [0.15, 0.2) is 0 Å². The van der Waals surface area contributed by atoms with Crippen LogP contribution in [-0.2, 0) is 11.0 Å². The van der Waals surface area contributed by atoms with E-state index >= 15 is 0 Å². The Morgan fingerprint density at radius 2 is 2.06 bits per heavy atom. The number of allylic oxidation sites excluding steroid dienone is 1. The van der Waals surface area contributed by atoms with Crippen LogP contribution in [0.1, 0.15) is 12.5 Å². The second-order valence-corrected chi connectivity index (χ2v) is 4.04. The minimum Gasteiger partial charge on any atom is -0.321 e. The molecule has 1 rings (SSSR count). The molecule has 0 aliphatic rings. The van der Waals surface area contributed by atoms with Crippen LogP contribution in [0.5, 0.6) is 0 Å². The molecule has 0 unspecified atom stereocenters. The maximum absolute atomic E-state index is 12.4. The van der Waals surface area contributed by atoms with Crippen molar-refractivity contribution in [2.75, 3.05) is 5.32 Å². The molecule has 0 spiro atoms. The minimum atomic E-state index is -4.43. The molecule has 0 aliphatic heterocycles. The lowest BCUT2D eigenvalue weighted by Gasteiger charge is -2.10. The van der Waals surface area contributed by atoms with Gasteiger partial charge in [-0.3, -0.25) is 4.79 Å². The van der Waals surface area contributed by atoms with Gasteiger partial charge in [0.05, 0.1) is 11.3 Å². The zero-order chi connectivity index (χ0) is 13.1. The molecule has 17 heavy (non-hydrogen) atoms. The number of carbonyl (C=O) groups is 1. The molecule has 1 aromatic carbocycles. The molecular weight excluding hydrogens is 299 g/mol. The number of halogens is 4. The molecule has 0 saturated carbocycles. The molecule has 0 heterocycles. The second kappa shape index (κ2) is 5.35. The fourth-order valence-electron chi connectivity index (χ4n) is 1.12. The lowest BCUT2D eigenvalue weighted by atomic mass is 10.2. The lowest BCUT2D eigenvalue weighted by molar-refractivity contribution is -0.137.